The largest absolute Gasteiger partial charge is 0.444 e. The molecule has 2 aliphatic rings. The summed E-state index contributed by atoms with van der Waals surface area (Å²) in [6.45, 7) is 8.99. The van der Waals surface area contributed by atoms with Gasteiger partial charge in [-0.05, 0) is 45.2 Å². The molecule has 0 saturated carbocycles. The molecule has 31 heavy (non-hydrogen) atoms. The van der Waals surface area contributed by atoms with Crippen LogP contribution >= 0.6 is 24.0 Å². The maximum atomic E-state index is 13.5. The van der Waals surface area contributed by atoms with Crippen LogP contribution in [0.2, 0.25) is 0 Å². The minimum atomic E-state index is -0.827. The number of halogens is 3. The number of guanidine groups is 1. The van der Waals surface area contributed by atoms with Crippen LogP contribution in [-0.4, -0.2) is 68.4 Å². The first-order valence-corrected chi connectivity index (χ1v) is 10.3. The Labute approximate surface area is 199 Å². The fourth-order valence-corrected chi connectivity index (χ4v) is 3.59. The fourth-order valence-electron chi connectivity index (χ4n) is 3.59. The van der Waals surface area contributed by atoms with E-state index in [1.54, 1.807) is 18.0 Å². The number of amides is 1. The van der Waals surface area contributed by atoms with Gasteiger partial charge in [0.25, 0.3) is 0 Å². The Hall–Kier alpha value is -1.85. The van der Waals surface area contributed by atoms with Crippen LogP contribution in [0.25, 0.3) is 0 Å². The van der Waals surface area contributed by atoms with Crippen molar-refractivity contribution >= 4 is 41.7 Å². The van der Waals surface area contributed by atoms with Crippen LogP contribution in [0.5, 0.6) is 0 Å². The van der Waals surface area contributed by atoms with E-state index < -0.39 is 17.2 Å². The number of nitrogens with zero attached hydrogens (tertiary/aromatic N) is 3. The van der Waals surface area contributed by atoms with Gasteiger partial charge in [0.1, 0.15) is 5.60 Å². The summed E-state index contributed by atoms with van der Waals surface area (Å²) in [7, 11) is 1.71. The lowest BCUT2D eigenvalue weighted by molar-refractivity contribution is 0.00700. The van der Waals surface area contributed by atoms with Crippen LogP contribution in [-0.2, 0) is 4.74 Å². The summed E-state index contributed by atoms with van der Waals surface area (Å²) in [5, 5.41) is 6.64. The topological polar surface area (TPSA) is 69.2 Å². The lowest BCUT2D eigenvalue weighted by Gasteiger charge is -2.40. The number of nitrogens with one attached hydrogen (secondary N) is 2. The van der Waals surface area contributed by atoms with E-state index in [-0.39, 0.29) is 36.1 Å². The number of ether oxygens (including phenoxy) is 1. The van der Waals surface area contributed by atoms with Crippen molar-refractivity contribution in [1.82, 2.24) is 15.5 Å². The van der Waals surface area contributed by atoms with E-state index in [2.05, 4.69) is 20.5 Å². The average molecular weight is 551 g/mol. The number of aliphatic imine (C=N–C) groups is 1. The number of hydrogen-bond acceptors (Lipinski definition) is 4. The number of anilines is 1. The molecule has 10 heteroatoms. The maximum absolute atomic E-state index is 13.5. The van der Waals surface area contributed by atoms with Crippen LogP contribution in [0.1, 0.15) is 27.2 Å². The van der Waals surface area contributed by atoms with Crippen molar-refractivity contribution < 1.29 is 18.3 Å². The summed E-state index contributed by atoms with van der Waals surface area (Å²) in [6, 6.07) is 4.16. The molecule has 1 aromatic carbocycles. The average Bonchev–Trinajstić information content (AvgIpc) is 3.10. The van der Waals surface area contributed by atoms with Gasteiger partial charge in [-0.15, -0.1) is 24.0 Å². The van der Waals surface area contributed by atoms with Gasteiger partial charge in [-0.1, -0.05) is 0 Å². The summed E-state index contributed by atoms with van der Waals surface area (Å²) in [5.41, 5.74) is 0.206. The number of likely N-dealkylation sites (tertiary alicyclic amines) is 1. The Balaban J connectivity index is 0.00000341. The van der Waals surface area contributed by atoms with E-state index >= 15 is 0 Å². The van der Waals surface area contributed by atoms with Crippen LogP contribution in [0, 0.1) is 17.6 Å². The highest BCUT2D eigenvalue weighted by atomic mass is 127. The van der Waals surface area contributed by atoms with Crippen molar-refractivity contribution in [3.05, 3.63) is 29.8 Å². The van der Waals surface area contributed by atoms with Crippen molar-refractivity contribution in [3.63, 3.8) is 0 Å². The second-order valence-corrected chi connectivity index (χ2v) is 8.88. The van der Waals surface area contributed by atoms with Gasteiger partial charge in [-0.25, -0.2) is 13.6 Å². The quantitative estimate of drug-likeness (QED) is 0.342. The molecule has 0 aliphatic carbocycles. The van der Waals surface area contributed by atoms with Crippen molar-refractivity contribution in [3.8, 4) is 0 Å². The first-order valence-electron chi connectivity index (χ1n) is 10.3. The van der Waals surface area contributed by atoms with Crippen molar-refractivity contribution in [2.24, 2.45) is 10.9 Å². The SMILES string of the molecule is CN=C(NCC1CCN(c2ccc(F)c(F)c2)C1)NC1CN(C(=O)OC(C)(C)C)C1.I. The van der Waals surface area contributed by atoms with Gasteiger partial charge < -0.3 is 25.2 Å². The second-order valence-electron chi connectivity index (χ2n) is 8.88. The minimum absolute atomic E-state index is 0. The zero-order valence-electron chi connectivity index (χ0n) is 18.5. The molecule has 2 heterocycles. The Kier molecular flexibility index (Phi) is 8.73. The zero-order chi connectivity index (χ0) is 21.9. The zero-order valence-corrected chi connectivity index (χ0v) is 20.8. The first-order chi connectivity index (χ1) is 14.1. The van der Waals surface area contributed by atoms with Crippen LogP contribution in [0.3, 0.4) is 0 Å². The van der Waals surface area contributed by atoms with E-state index in [4.69, 9.17) is 4.74 Å². The summed E-state index contributed by atoms with van der Waals surface area (Å²) in [6.07, 6.45) is 0.658. The molecule has 7 nitrogen and oxygen atoms in total. The van der Waals surface area contributed by atoms with E-state index in [0.717, 1.165) is 26.1 Å². The standard InChI is InChI=1S/C21H31F2N5O2.HI/c1-21(2,3)30-20(29)28-12-15(13-28)26-19(24-4)25-10-14-7-8-27(11-14)16-5-6-17(22)18(23)9-16;/h5-6,9,14-15H,7-8,10-13H2,1-4H3,(H2,24,25,26);1H. The number of carbonyl (C=O) groups is 1. The Morgan fingerprint density at radius 3 is 2.55 bits per heavy atom. The van der Waals surface area contributed by atoms with Crippen LogP contribution < -0.4 is 15.5 Å². The first kappa shape index (κ1) is 25.4. The summed E-state index contributed by atoms with van der Waals surface area (Å²) >= 11 is 0. The molecule has 2 aliphatic heterocycles. The van der Waals surface area contributed by atoms with E-state index in [1.807, 2.05) is 20.8 Å². The lowest BCUT2D eigenvalue weighted by Crippen LogP contribution is -2.63. The molecule has 0 bridgehead atoms. The van der Waals surface area contributed by atoms with Gasteiger partial charge in [-0.2, -0.15) is 0 Å². The molecule has 3 rings (SSSR count). The van der Waals surface area contributed by atoms with Crippen molar-refractivity contribution in [1.29, 1.82) is 0 Å². The predicted octanol–water partition coefficient (Wildman–Crippen LogP) is 3.19. The van der Waals surface area contributed by atoms with Gasteiger partial charge in [0.05, 0.1) is 6.04 Å². The Bertz CT molecular complexity index is 796. The molecule has 2 N–H and O–H groups in total. The summed E-state index contributed by atoms with van der Waals surface area (Å²) < 4.78 is 32.0. The highest BCUT2D eigenvalue weighted by molar-refractivity contribution is 14.0. The molecule has 1 aromatic rings. The minimum Gasteiger partial charge on any atom is -0.444 e. The van der Waals surface area contributed by atoms with Gasteiger partial charge in [0.2, 0.25) is 0 Å². The van der Waals surface area contributed by atoms with Gasteiger partial charge in [0, 0.05) is 51.5 Å². The van der Waals surface area contributed by atoms with Crippen LogP contribution in [0.4, 0.5) is 19.3 Å². The highest BCUT2D eigenvalue weighted by Crippen LogP contribution is 2.25. The number of rotatable bonds is 4. The molecule has 2 fully saturated rings. The Morgan fingerprint density at radius 2 is 1.94 bits per heavy atom. The Morgan fingerprint density at radius 1 is 1.23 bits per heavy atom. The molecule has 0 radical (unpaired) electrons. The number of benzene rings is 1. The third-order valence-electron chi connectivity index (χ3n) is 5.21. The van der Waals surface area contributed by atoms with Gasteiger partial charge in [-0.3, -0.25) is 4.99 Å². The molecule has 174 valence electrons. The molecule has 0 aromatic heterocycles. The number of carbonyl (C=O) groups excluding carboxylic acids is 1. The third kappa shape index (κ3) is 7.08. The monoisotopic (exact) mass is 551 g/mol. The fraction of sp³-hybridized carbons (Fsp3) is 0.619. The van der Waals surface area contributed by atoms with Crippen molar-refractivity contribution in [2.75, 3.05) is 44.7 Å². The summed E-state index contributed by atoms with van der Waals surface area (Å²) in [4.78, 5) is 20.0. The molecular formula is C21H32F2IN5O2. The molecule has 1 amide bonds. The molecule has 2 saturated heterocycles. The van der Waals surface area contributed by atoms with Crippen LogP contribution in [0.15, 0.2) is 23.2 Å². The van der Waals surface area contributed by atoms with Gasteiger partial charge in [0.15, 0.2) is 17.6 Å². The molecule has 1 unspecified atom stereocenters. The molecule has 0 spiro atoms. The second kappa shape index (κ2) is 10.6. The predicted molar refractivity (Wildman–Crippen MR) is 128 cm³/mol. The third-order valence-corrected chi connectivity index (χ3v) is 5.21. The highest BCUT2D eigenvalue weighted by Gasteiger charge is 2.34. The van der Waals surface area contributed by atoms with E-state index in [1.165, 1.54) is 12.1 Å². The molecular weight excluding hydrogens is 519 g/mol. The summed E-state index contributed by atoms with van der Waals surface area (Å²) in [5.74, 6) is -0.585. The van der Waals surface area contributed by atoms with Gasteiger partial charge >= 0.3 is 6.09 Å². The smallest absolute Gasteiger partial charge is 0.410 e. The molecule has 1 atom stereocenters. The van der Waals surface area contributed by atoms with E-state index in [9.17, 15) is 13.6 Å². The van der Waals surface area contributed by atoms with Crippen molar-refractivity contribution in [2.45, 2.75) is 38.8 Å². The maximum Gasteiger partial charge on any atom is 0.410 e. The van der Waals surface area contributed by atoms with E-state index in [0.29, 0.717) is 30.7 Å². The number of hydrogen-bond donors (Lipinski definition) is 2. The normalized spacial score (nSPS) is 19.5. The lowest BCUT2D eigenvalue weighted by atomic mass is 10.1.